The fourth-order valence-corrected chi connectivity index (χ4v) is 3.07. The smallest absolute Gasteiger partial charge is 0.251 e. The van der Waals surface area contributed by atoms with Crippen molar-refractivity contribution in [3.8, 4) is 0 Å². The van der Waals surface area contributed by atoms with Crippen LogP contribution in [-0.2, 0) is 9.53 Å². The molecule has 1 saturated heterocycles. The van der Waals surface area contributed by atoms with Gasteiger partial charge in [-0.3, -0.25) is 4.79 Å². The summed E-state index contributed by atoms with van der Waals surface area (Å²) >= 11 is 0. The van der Waals surface area contributed by atoms with Crippen LogP contribution in [0.25, 0.3) is 0 Å². The molecule has 1 heterocycles. The van der Waals surface area contributed by atoms with Crippen LogP contribution in [0, 0.1) is 11.8 Å². The Kier molecular flexibility index (Phi) is 3.50. The SMILES string of the molecule is CCO[C@H](C)C(=O)N1C[C@@H]2CC[C@H](N)[C@@H]2C1. The Labute approximate surface area is 97.1 Å². The molecule has 2 N–H and O–H groups in total. The van der Waals surface area contributed by atoms with Gasteiger partial charge in [-0.15, -0.1) is 0 Å². The molecule has 0 bridgehead atoms. The van der Waals surface area contributed by atoms with Gasteiger partial charge in [0.25, 0.3) is 5.91 Å². The van der Waals surface area contributed by atoms with E-state index in [1.54, 1.807) is 0 Å². The molecule has 1 amide bonds. The predicted octanol–water partition coefficient (Wildman–Crippen LogP) is 0.607. The van der Waals surface area contributed by atoms with Gasteiger partial charge in [-0.1, -0.05) is 0 Å². The van der Waals surface area contributed by atoms with E-state index in [-0.39, 0.29) is 12.0 Å². The summed E-state index contributed by atoms with van der Waals surface area (Å²) in [6.45, 7) is 6.06. The molecule has 0 aromatic rings. The first-order chi connectivity index (χ1) is 7.63. The molecule has 0 aromatic heterocycles. The molecule has 2 fully saturated rings. The Morgan fingerprint density at radius 1 is 1.50 bits per heavy atom. The minimum absolute atomic E-state index is 0.128. The number of hydrogen-bond acceptors (Lipinski definition) is 3. The van der Waals surface area contributed by atoms with Crippen molar-refractivity contribution in [2.75, 3.05) is 19.7 Å². The van der Waals surface area contributed by atoms with Crippen molar-refractivity contribution in [1.29, 1.82) is 0 Å². The maximum Gasteiger partial charge on any atom is 0.251 e. The van der Waals surface area contributed by atoms with Crippen LogP contribution in [0.1, 0.15) is 26.7 Å². The molecular weight excluding hydrogens is 204 g/mol. The van der Waals surface area contributed by atoms with Crippen molar-refractivity contribution < 1.29 is 9.53 Å². The summed E-state index contributed by atoms with van der Waals surface area (Å²) in [4.78, 5) is 14.0. The van der Waals surface area contributed by atoms with Crippen molar-refractivity contribution in [3.63, 3.8) is 0 Å². The molecular formula is C12H22N2O2. The Morgan fingerprint density at radius 3 is 2.88 bits per heavy atom. The van der Waals surface area contributed by atoms with Crippen LogP contribution in [0.15, 0.2) is 0 Å². The summed E-state index contributed by atoms with van der Waals surface area (Å²) < 4.78 is 5.34. The van der Waals surface area contributed by atoms with E-state index in [0.717, 1.165) is 19.5 Å². The Hall–Kier alpha value is -0.610. The molecule has 16 heavy (non-hydrogen) atoms. The number of fused-ring (bicyclic) bond motifs is 1. The van der Waals surface area contributed by atoms with Crippen molar-refractivity contribution in [1.82, 2.24) is 4.90 Å². The molecule has 1 saturated carbocycles. The highest BCUT2D eigenvalue weighted by Gasteiger charge is 2.43. The molecule has 2 rings (SSSR count). The first-order valence-electron chi connectivity index (χ1n) is 6.29. The zero-order valence-corrected chi connectivity index (χ0v) is 10.2. The predicted molar refractivity (Wildman–Crippen MR) is 61.9 cm³/mol. The van der Waals surface area contributed by atoms with Gasteiger partial charge in [0, 0.05) is 25.7 Å². The van der Waals surface area contributed by atoms with E-state index < -0.39 is 0 Å². The van der Waals surface area contributed by atoms with Crippen LogP contribution in [0.5, 0.6) is 0 Å². The molecule has 0 radical (unpaired) electrons. The second kappa shape index (κ2) is 4.72. The van der Waals surface area contributed by atoms with Crippen LogP contribution in [-0.4, -0.2) is 42.6 Å². The fraction of sp³-hybridized carbons (Fsp3) is 0.917. The number of likely N-dealkylation sites (tertiary alicyclic amines) is 1. The maximum absolute atomic E-state index is 12.0. The lowest BCUT2D eigenvalue weighted by Gasteiger charge is -2.22. The van der Waals surface area contributed by atoms with Gasteiger partial charge >= 0.3 is 0 Å². The fourth-order valence-electron chi connectivity index (χ4n) is 3.07. The zero-order valence-electron chi connectivity index (χ0n) is 10.2. The van der Waals surface area contributed by atoms with Crippen LogP contribution < -0.4 is 5.73 Å². The van der Waals surface area contributed by atoms with E-state index in [1.165, 1.54) is 6.42 Å². The number of carbonyl (C=O) groups excluding carboxylic acids is 1. The maximum atomic E-state index is 12.0. The Morgan fingerprint density at radius 2 is 2.25 bits per heavy atom. The van der Waals surface area contributed by atoms with Crippen molar-refractivity contribution in [2.24, 2.45) is 17.6 Å². The number of amides is 1. The van der Waals surface area contributed by atoms with E-state index in [0.29, 0.717) is 24.5 Å². The summed E-state index contributed by atoms with van der Waals surface area (Å²) in [7, 11) is 0. The molecule has 0 unspecified atom stereocenters. The molecule has 1 aliphatic carbocycles. The monoisotopic (exact) mass is 226 g/mol. The average molecular weight is 226 g/mol. The first kappa shape index (κ1) is 11.9. The van der Waals surface area contributed by atoms with Gasteiger partial charge in [-0.05, 0) is 38.5 Å². The Bertz CT molecular complexity index is 270. The molecule has 92 valence electrons. The van der Waals surface area contributed by atoms with Crippen LogP contribution in [0.4, 0.5) is 0 Å². The van der Waals surface area contributed by atoms with Crippen molar-refractivity contribution >= 4 is 5.91 Å². The quantitative estimate of drug-likeness (QED) is 0.767. The molecule has 4 atom stereocenters. The van der Waals surface area contributed by atoms with E-state index in [2.05, 4.69) is 0 Å². The molecule has 2 aliphatic rings. The second-order valence-electron chi connectivity index (χ2n) is 5.01. The lowest BCUT2D eigenvalue weighted by molar-refractivity contribution is -0.141. The van der Waals surface area contributed by atoms with Crippen LogP contribution in [0.3, 0.4) is 0 Å². The second-order valence-corrected chi connectivity index (χ2v) is 5.01. The summed E-state index contributed by atoms with van der Waals surface area (Å²) in [6.07, 6.45) is 2.00. The number of carbonyl (C=O) groups is 1. The molecule has 0 spiro atoms. The van der Waals surface area contributed by atoms with E-state index in [1.807, 2.05) is 18.7 Å². The van der Waals surface area contributed by atoms with Crippen molar-refractivity contribution in [3.05, 3.63) is 0 Å². The third-order valence-electron chi connectivity index (χ3n) is 3.99. The number of nitrogens with two attached hydrogens (primary N) is 1. The minimum atomic E-state index is -0.306. The number of rotatable bonds is 3. The summed E-state index contributed by atoms with van der Waals surface area (Å²) in [5.74, 6) is 1.29. The third-order valence-corrected chi connectivity index (χ3v) is 3.99. The molecule has 4 heteroatoms. The van der Waals surface area contributed by atoms with Gasteiger partial charge in [0.2, 0.25) is 0 Å². The summed E-state index contributed by atoms with van der Waals surface area (Å²) in [5.41, 5.74) is 6.05. The number of ether oxygens (including phenoxy) is 1. The van der Waals surface area contributed by atoms with Gasteiger partial charge in [-0.25, -0.2) is 0 Å². The standard InChI is InChI=1S/C12H22N2O2/c1-3-16-8(2)12(15)14-6-9-4-5-11(13)10(9)7-14/h8-11H,3-7,13H2,1-2H3/t8-,9+,10-,11+/m1/s1. The molecule has 1 aliphatic heterocycles. The van der Waals surface area contributed by atoms with Gasteiger partial charge in [0.15, 0.2) is 0 Å². The minimum Gasteiger partial charge on any atom is -0.369 e. The van der Waals surface area contributed by atoms with E-state index in [4.69, 9.17) is 10.5 Å². The summed E-state index contributed by atoms with van der Waals surface area (Å²) in [6, 6.07) is 0.296. The summed E-state index contributed by atoms with van der Waals surface area (Å²) in [5, 5.41) is 0. The lowest BCUT2D eigenvalue weighted by atomic mass is 9.98. The lowest BCUT2D eigenvalue weighted by Crippen LogP contribution is -2.39. The van der Waals surface area contributed by atoms with Gasteiger partial charge in [0.1, 0.15) is 6.10 Å². The van der Waals surface area contributed by atoms with Crippen LogP contribution >= 0.6 is 0 Å². The van der Waals surface area contributed by atoms with Gasteiger partial charge in [0.05, 0.1) is 0 Å². The zero-order chi connectivity index (χ0) is 11.7. The Balaban J connectivity index is 1.91. The topological polar surface area (TPSA) is 55.6 Å². The largest absolute Gasteiger partial charge is 0.369 e. The van der Waals surface area contributed by atoms with E-state index in [9.17, 15) is 4.79 Å². The number of hydrogen-bond donors (Lipinski definition) is 1. The van der Waals surface area contributed by atoms with Gasteiger partial charge in [-0.2, -0.15) is 0 Å². The number of nitrogens with zero attached hydrogens (tertiary/aromatic N) is 1. The molecule has 0 aromatic carbocycles. The highest BCUT2D eigenvalue weighted by molar-refractivity contribution is 5.80. The first-order valence-corrected chi connectivity index (χ1v) is 6.29. The van der Waals surface area contributed by atoms with Gasteiger partial charge < -0.3 is 15.4 Å². The third kappa shape index (κ3) is 2.09. The van der Waals surface area contributed by atoms with E-state index >= 15 is 0 Å². The van der Waals surface area contributed by atoms with Crippen molar-refractivity contribution in [2.45, 2.75) is 38.8 Å². The molecule has 4 nitrogen and oxygen atoms in total. The highest BCUT2D eigenvalue weighted by Crippen LogP contribution is 2.37. The highest BCUT2D eigenvalue weighted by atomic mass is 16.5. The average Bonchev–Trinajstić information content (AvgIpc) is 2.81. The van der Waals surface area contributed by atoms with Crippen LogP contribution in [0.2, 0.25) is 0 Å². The normalized spacial score (nSPS) is 35.2.